The third-order valence-corrected chi connectivity index (χ3v) is 4.36. The van der Waals surface area contributed by atoms with Crippen molar-refractivity contribution in [2.45, 2.75) is 44.4 Å². The summed E-state index contributed by atoms with van der Waals surface area (Å²) in [5.41, 5.74) is 1.05. The molecule has 1 N–H and O–H groups in total. The van der Waals surface area contributed by atoms with Crippen molar-refractivity contribution >= 4 is 0 Å². The maximum Gasteiger partial charge on any atom is 0.165 e. The van der Waals surface area contributed by atoms with Crippen LogP contribution in [0, 0.1) is 11.7 Å². The molecular formula is C16H22FNO2. The second kappa shape index (κ2) is 5.70. The number of benzene rings is 1. The molecule has 110 valence electrons. The smallest absolute Gasteiger partial charge is 0.165 e. The number of rotatable bonds is 5. The molecule has 3 rings (SSSR count). The van der Waals surface area contributed by atoms with Crippen LogP contribution in [0.1, 0.15) is 37.8 Å². The maximum atomic E-state index is 13.4. The first-order chi connectivity index (χ1) is 9.69. The van der Waals surface area contributed by atoms with Crippen molar-refractivity contribution in [1.29, 1.82) is 0 Å². The van der Waals surface area contributed by atoms with Crippen molar-refractivity contribution in [1.82, 2.24) is 5.32 Å². The normalized spacial score (nSPS) is 27.6. The molecule has 2 fully saturated rings. The highest BCUT2D eigenvalue weighted by Gasteiger charge is 2.40. The number of ether oxygens (including phenoxy) is 2. The zero-order valence-corrected chi connectivity index (χ0v) is 12.1. The molecule has 1 saturated heterocycles. The lowest BCUT2D eigenvalue weighted by Crippen LogP contribution is -2.39. The van der Waals surface area contributed by atoms with E-state index in [2.05, 4.69) is 12.2 Å². The molecule has 3 unspecified atom stereocenters. The first-order valence-corrected chi connectivity index (χ1v) is 7.40. The molecule has 0 amide bonds. The van der Waals surface area contributed by atoms with Gasteiger partial charge in [0, 0.05) is 18.7 Å². The summed E-state index contributed by atoms with van der Waals surface area (Å²) in [6, 6.07) is 5.63. The standard InChI is InChI=1S/C16H22FNO2/c1-10(12-5-6-13(17)15(9-12)19-2)18-14-7-8-20-16(14)11-3-4-11/h5-6,9-11,14,16,18H,3-4,7-8H2,1-2H3. The third-order valence-electron chi connectivity index (χ3n) is 4.36. The van der Waals surface area contributed by atoms with Gasteiger partial charge in [-0.1, -0.05) is 6.07 Å². The summed E-state index contributed by atoms with van der Waals surface area (Å²) in [7, 11) is 1.49. The van der Waals surface area contributed by atoms with Gasteiger partial charge in [-0.3, -0.25) is 0 Å². The van der Waals surface area contributed by atoms with Gasteiger partial charge in [0.25, 0.3) is 0 Å². The molecule has 1 aromatic rings. The van der Waals surface area contributed by atoms with Gasteiger partial charge in [-0.2, -0.15) is 0 Å². The predicted molar refractivity (Wildman–Crippen MR) is 75.4 cm³/mol. The highest BCUT2D eigenvalue weighted by molar-refractivity contribution is 5.32. The lowest BCUT2D eigenvalue weighted by Gasteiger charge is -2.24. The van der Waals surface area contributed by atoms with E-state index in [-0.39, 0.29) is 11.9 Å². The Balaban J connectivity index is 1.67. The van der Waals surface area contributed by atoms with Gasteiger partial charge in [0.05, 0.1) is 13.2 Å². The number of methoxy groups -OCH3 is 1. The quantitative estimate of drug-likeness (QED) is 0.898. The molecule has 3 nitrogen and oxygen atoms in total. The van der Waals surface area contributed by atoms with E-state index in [0.717, 1.165) is 24.5 Å². The van der Waals surface area contributed by atoms with Gasteiger partial charge >= 0.3 is 0 Å². The van der Waals surface area contributed by atoms with E-state index >= 15 is 0 Å². The summed E-state index contributed by atoms with van der Waals surface area (Å²) >= 11 is 0. The molecule has 0 aromatic heterocycles. The molecule has 1 aliphatic heterocycles. The van der Waals surface area contributed by atoms with Gasteiger partial charge < -0.3 is 14.8 Å². The van der Waals surface area contributed by atoms with Crippen LogP contribution in [-0.2, 0) is 4.74 Å². The van der Waals surface area contributed by atoms with Crippen LogP contribution in [0.25, 0.3) is 0 Å². The fraction of sp³-hybridized carbons (Fsp3) is 0.625. The first kappa shape index (κ1) is 13.8. The summed E-state index contributed by atoms with van der Waals surface area (Å²) in [5.74, 6) is 0.728. The minimum atomic E-state index is -0.316. The van der Waals surface area contributed by atoms with Crippen LogP contribution in [0.4, 0.5) is 4.39 Å². The van der Waals surface area contributed by atoms with Gasteiger partial charge in [0.15, 0.2) is 11.6 Å². The zero-order valence-electron chi connectivity index (χ0n) is 12.1. The monoisotopic (exact) mass is 279 g/mol. The summed E-state index contributed by atoms with van der Waals surface area (Å²) in [6.07, 6.45) is 4.01. The van der Waals surface area contributed by atoms with Crippen LogP contribution in [0.5, 0.6) is 5.75 Å². The molecule has 20 heavy (non-hydrogen) atoms. The fourth-order valence-corrected chi connectivity index (χ4v) is 3.04. The molecule has 1 saturated carbocycles. The number of hydrogen-bond donors (Lipinski definition) is 1. The molecule has 1 aliphatic carbocycles. The number of nitrogens with one attached hydrogen (secondary N) is 1. The highest BCUT2D eigenvalue weighted by Crippen LogP contribution is 2.39. The summed E-state index contributed by atoms with van der Waals surface area (Å²) in [6.45, 7) is 2.95. The molecular weight excluding hydrogens is 257 g/mol. The van der Waals surface area contributed by atoms with Gasteiger partial charge in [-0.25, -0.2) is 4.39 Å². The minimum absolute atomic E-state index is 0.164. The van der Waals surface area contributed by atoms with E-state index in [1.165, 1.54) is 26.0 Å². The van der Waals surface area contributed by atoms with Crippen LogP contribution in [0.15, 0.2) is 18.2 Å². The van der Waals surface area contributed by atoms with Crippen LogP contribution < -0.4 is 10.1 Å². The second-order valence-corrected chi connectivity index (χ2v) is 5.85. The summed E-state index contributed by atoms with van der Waals surface area (Å²) in [5, 5.41) is 3.63. The Kier molecular flexibility index (Phi) is 3.94. The van der Waals surface area contributed by atoms with Crippen LogP contribution in [-0.4, -0.2) is 25.9 Å². The van der Waals surface area contributed by atoms with E-state index in [1.807, 2.05) is 6.07 Å². The molecule has 0 bridgehead atoms. The average molecular weight is 279 g/mol. The molecule has 0 radical (unpaired) electrons. The Bertz CT molecular complexity index is 476. The van der Waals surface area contributed by atoms with Crippen molar-refractivity contribution in [2.24, 2.45) is 5.92 Å². The largest absolute Gasteiger partial charge is 0.494 e. The molecule has 3 atom stereocenters. The summed E-state index contributed by atoms with van der Waals surface area (Å²) < 4.78 is 24.3. The Morgan fingerprint density at radius 2 is 2.15 bits per heavy atom. The Hall–Kier alpha value is -1.13. The van der Waals surface area contributed by atoms with Crippen molar-refractivity contribution in [2.75, 3.05) is 13.7 Å². The molecule has 0 spiro atoms. The van der Waals surface area contributed by atoms with Crippen LogP contribution in [0.2, 0.25) is 0 Å². The van der Waals surface area contributed by atoms with Crippen molar-refractivity contribution in [3.63, 3.8) is 0 Å². The lowest BCUT2D eigenvalue weighted by atomic mass is 10.0. The van der Waals surface area contributed by atoms with Crippen LogP contribution in [0.3, 0.4) is 0 Å². The predicted octanol–water partition coefficient (Wildman–Crippen LogP) is 3.05. The highest BCUT2D eigenvalue weighted by atomic mass is 19.1. The van der Waals surface area contributed by atoms with E-state index in [1.54, 1.807) is 6.07 Å². The van der Waals surface area contributed by atoms with Crippen molar-refractivity contribution in [3.05, 3.63) is 29.6 Å². The number of halogens is 1. The Morgan fingerprint density at radius 1 is 1.35 bits per heavy atom. The molecule has 1 heterocycles. The fourth-order valence-electron chi connectivity index (χ4n) is 3.04. The van der Waals surface area contributed by atoms with Gasteiger partial charge in [0.2, 0.25) is 0 Å². The molecule has 1 aromatic carbocycles. The van der Waals surface area contributed by atoms with Gasteiger partial charge in [-0.05, 0) is 49.8 Å². The van der Waals surface area contributed by atoms with Gasteiger partial charge in [-0.15, -0.1) is 0 Å². The third kappa shape index (κ3) is 2.81. The van der Waals surface area contributed by atoms with E-state index < -0.39 is 0 Å². The van der Waals surface area contributed by atoms with E-state index in [0.29, 0.717) is 17.9 Å². The Morgan fingerprint density at radius 3 is 2.85 bits per heavy atom. The lowest BCUT2D eigenvalue weighted by molar-refractivity contribution is 0.0793. The van der Waals surface area contributed by atoms with Crippen molar-refractivity contribution < 1.29 is 13.9 Å². The molecule has 4 heteroatoms. The molecule has 2 aliphatic rings. The number of hydrogen-bond acceptors (Lipinski definition) is 3. The SMILES string of the molecule is COc1cc(C(C)NC2CCOC2C2CC2)ccc1F. The second-order valence-electron chi connectivity index (χ2n) is 5.85. The maximum absolute atomic E-state index is 13.4. The topological polar surface area (TPSA) is 30.5 Å². The van der Waals surface area contributed by atoms with Gasteiger partial charge in [0.1, 0.15) is 0 Å². The Labute approximate surface area is 119 Å². The summed E-state index contributed by atoms with van der Waals surface area (Å²) in [4.78, 5) is 0. The van der Waals surface area contributed by atoms with Crippen LogP contribution >= 0.6 is 0 Å². The minimum Gasteiger partial charge on any atom is -0.494 e. The van der Waals surface area contributed by atoms with E-state index in [4.69, 9.17) is 9.47 Å². The average Bonchev–Trinajstić information content (AvgIpc) is 3.20. The van der Waals surface area contributed by atoms with Crippen molar-refractivity contribution in [3.8, 4) is 5.75 Å². The first-order valence-electron chi connectivity index (χ1n) is 7.40. The van der Waals surface area contributed by atoms with E-state index in [9.17, 15) is 4.39 Å². The zero-order chi connectivity index (χ0) is 14.1.